The molecule has 4 heterocycles. The van der Waals surface area contributed by atoms with Gasteiger partial charge in [0.05, 0.1) is 18.4 Å². The molecule has 0 saturated carbocycles. The van der Waals surface area contributed by atoms with Crippen molar-refractivity contribution in [3.8, 4) is 17.9 Å². The number of fused-ring (bicyclic) bond motifs is 2. The number of benzene rings is 2. The number of carbonyl (C=O) groups is 1. The van der Waals surface area contributed by atoms with Crippen molar-refractivity contribution in [2.75, 3.05) is 51.3 Å². The van der Waals surface area contributed by atoms with Gasteiger partial charge in [0, 0.05) is 48.1 Å². The minimum absolute atomic E-state index is 0.193. The molecule has 43 heavy (non-hydrogen) atoms. The quantitative estimate of drug-likeness (QED) is 0.305. The van der Waals surface area contributed by atoms with Gasteiger partial charge in [0.2, 0.25) is 6.54 Å². The van der Waals surface area contributed by atoms with Gasteiger partial charge < -0.3 is 29.0 Å². The fraction of sp³-hybridized carbons (Fsp3) is 0.455. The first kappa shape index (κ1) is 29.2. The van der Waals surface area contributed by atoms with Gasteiger partial charge in [-0.3, -0.25) is 4.79 Å². The van der Waals surface area contributed by atoms with Crippen LogP contribution in [0.2, 0.25) is 5.02 Å². The summed E-state index contributed by atoms with van der Waals surface area (Å²) < 4.78 is 12.8. The first-order valence-corrected chi connectivity index (χ1v) is 15.2. The average Bonchev–Trinajstić information content (AvgIpc) is 3.43. The van der Waals surface area contributed by atoms with Crippen molar-refractivity contribution < 1.29 is 14.3 Å². The van der Waals surface area contributed by atoms with Gasteiger partial charge in [0.25, 0.3) is 5.91 Å². The number of hydrogen-bond acceptors (Lipinski definition) is 7. The number of nitrogens with zero attached hydrogens (tertiary/aromatic N) is 6. The highest BCUT2D eigenvalue weighted by Gasteiger charge is 2.36. The van der Waals surface area contributed by atoms with Crippen LogP contribution in [0.25, 0.3) is 15.6 Å². The Morgan fingerprint density at radius 3 is 2.79 bits per heavy atom. The Kier molecular flexibility index (Phi) is 8.67. The summed E-state index contributed by atoms with van der Waals surface area (Å²) in [6, 6.07) is 12.5. The van der Waals surface area contributed by atoms with Crippen molar-refractivity contribution in [1.82, 2.24) is 19.8 Å². The third-order valence-corrected chi connectivity index (χ3v) is 9.06. The summed E-state index contributed by atoms with van der Waals surface area (Å²) in [7, 11) is 2.12. The minimum Gasteiger partial charge on any atom is -0.462 e. The van der Waals surface area contributed by atoms with Gasteiger partial charge in [0.15, 0.2) is 0 Å². The largest absolute Gasteiger partial charge is 0.462 e. The van der Waals surface area contributed by atoms with Crippen LogP contribution in [-0.2, 0) is 22.6 Å². The van der Waals surface area contributed by atoms with Crippen LogP contribution >= 0.6 is 11.6 Å². The number of hydrogen-bond donors (Lipinski definition) is 0. The molecule has 0 radical (unpaired) electrons. The van der Waals surface area contributed by atoms with E-state index in [1.807, 2.05) is 18.2 Å². The molecular formula is C33H35ClN6O3. The SMILES string of the molecule is [C-]#[N+]C[C@H]1CN(c2nc(OC[C@@H]3CCCN3C)nc3c2COC(c2cccc4cccc(Cl)c24)C3)CCN1C(=O)C#CC. The standard InChI is InChI=1S/C33H35ClN6O3/c1-4-8-30(41)40-16-15-39(19-24(40)18-35-2)32-26-21-42-29(25-12-5-9-22-10-6-13-27(34)31(22)25)17-28(26)36-33(37-32)43-20-23-11-7-14-38(23)3/h5-6,9-10,12-13,23-24,29H,7,11,14-21H2,1,3H3/t23-,24-,29?/m0/s1. The van der Waals surface area contributed by atoms with E-state index in [-0.39, 0.29) is 24.6 Å². The van der Waals surface area contributed by atoms with E-state index >= 15 is 0 Å². The lowest BCUT2D eigenvalue weighted by Crippen LogP contribution is -2.56. The van der Waals surface area contributed by atoms with Gasteiger partial charge in [-0.1, -0.05) is 47.9 Å². The molecule has 0 aliphatic carbocycles. The average molecular weight is 599 g/mol. The number of carbonyl (C=O) groups excluding carboxylic acids is 1. The molecule has 6 rings (SSSR count). The van der Waals surface area contributed by atoms with E-state index in [9.17, 15) is 4.79 Å². The number of amides is 1. The van der Waals surface area contributed by atoms with Crippen LogP contribution in [0.1, 0.15) is 42.7 Å². The van der Waals surface area contributed by atoms with Crippen LogP contribution in [-0.4, -0.2) is 84.1 Å². The maximum absolute atomic E-state index is 12.7. The summed E-state index contributed by atoms with van der Waals surface area (Å²) in [4.78, 5) is 32.3. The van der Waals surface area contributed by atoms with Crippen molar-refractivity contribution >= 4 is 34.1 Å². The lowest BCUT2D eigenvalue weighted by atomic mass is 9.94. The fourth-order valence-electron chi connectivity index (χ4n) is 6.46. The second kappa shape index (κ2) is 12.8. The monoisotopic (exact) mass is 598 g/mol. The highest BCUT2D eigenvalue weighted by molar-refractivity contribution is 6.35. The molecule has 222 valence electrons. The van der Waals surface area contributed by atoms with Gasteiger partial charge in [-0.25, -0.2) is 6.57 Å². The fourth-order valence-corrected chi connectivity index (χ4v) is 6.75. The van der Waals surface area contributed by atoms with E-state index in [0.717, 1.165) is 52.8 Å². The molecule has 3 aliphatic heterocycles. The number of ether oxygens (including phenoxy) is 2. The molecule has 10 heteroatoms. The van der Waals surface area contributed by atoms with E-state index in [1.165, 1.54) is 0 Å². The molecule has 0 spiro atoms. The summed E-state index contributed by atoms with van der Waals surface area (Å²) in [5.74, 6) is 5.83. The molecule has 1 unspecified atom stereocenters. The molecule has 1 amide bonds. The zero-order valence-corrected chi connectivity index (χ0v) is 25.3. The molecule has 3 atom stereocenters. The number of piperazine rings is 1. The predicted octanol–water partition coefficient (Wildman–Crippen LogP) is 4.53. The molecule has 0 N–H and O–H groups in total. The zero-order chi connectivity index (χ0) is 29.9. The minimum atomic E-state index is -0.295. The second-order valence-corrected chi connectivity index (χ2v) is 11.8. The van der Waals surface area contributed by atoms with Crippen molar-refractivity contribution in [3.05, 3.63) is 69.7 Å². The number of halogens is 1. The third kappa shape index (κ3) is 5.99. The van der Waals surface area contributed by atoms with Gasteiger partial charge in [0.1, 0.15) is 18.5 Å². The molecule has 2 saturated heterocycles. The second-order valence-electron chi connectivity index (χ2n) is 11.3. The first-order chi connectivity index (χ1) is 21.0. The Morgan fingerprint density at radius 1 is 1.19 bits per heavy atom. The van der Waals surface area contributed by atoms with E-state index in [1.54, 1.807) is 11.8 Å². The Bertz CT molecular complexity index is 1620. The molecule has 0 bridgehead atoms. The highest BCUT2D eigenvalue weighted by atomic mass is 35.5. The van der Waals surface area contributed by atoms with Crippen molar-refractivity contribution in [3.63, 3.8) is 0 Å². The van der Waals surface area contributed by atoms with Crippen LogP contribution < -0.4 is 9.64 Å². The van der Waals surface area contributed by atoms with Crippen LogP contribution in [0.4, 0.5) is 5.82 Å². The van der Waals surface area contributed by atoms with Crippen LogP contribution in [0, 0.1) is 18.4 Å². The Hall–Kier alpha value is -3.89. The number of anilines is 1. The summed E-state index contributed by atoms with van der Waals surface area (Å²) in [5.41, 5.74) is 2.84. The van der Waals surface area contributed by atoms with Gasteiger partial charge in [-0.2, -0.15) is 9.97 Å². The van der Waals surface area contributed by atoms with Gasteiger partial charge in [-0.15, -0.1) is 0 Å². The molecule has 2 aromatic carbocycles. The van der Waals surface area contributed by atoms with Gasteiger partial charge >= 0.3 is 6.01 Å². The summed E-state index contributed by atoms with van der Waals surface area (Å²) in [6.07, 6.45) is 2.55. The number of likely N-dealkylation sites (tertiary alicyclic amines) is 1. The molecular weight excluding hydrogens is 564 g/mol. The highest BCUT2D eigenvalue weighted by Crippen LogP contribution is 2.39. The van der Waals surface area contributed by atoms with Crippen molar-refractivity contribution in [2.24, 2.45) is 0 Å². The molecule has 9 nitrogen and oxygen atoms in total. The van der Waals surface area contributed by atoms with Gasteiger partial charge in [-0.05, 0) is 56.3 Å². The zero-order valence-electron chi connectivity index (χ0n) is 24.6. The summed E-state index contributed by atoms with van der Waals surface area (Å²) in [6.45, 7) is 12.7. The topological polar surface area (TPSA) is 75.4 Å². The predicted molar refractivity (Wildman–Crippen MR) is 166 cm³/mol. The molecule has 3 aromatic rings. The lowest BCUT2D eigenvalue weighted by molar-refractivity contribution is -0.127. The maximum Gasteiger partial charge on any atom is 0.318 e. The summed E-state index contributed by atoms with van der Waals surface area (Å²) in [5, 5.41) is 2.76. The maximum atomic E-state index is 12.7. The Balaban J connectivity index is 1.34. The smallest absolute Gasteiger partial charge is 0.318 e. The first-order valence-electron chi connectivity index (χ1n) is 14.8. The number of likely N-dealkylation sites (N-methyl/N-ethyl adjacent to an activating group) is 1. The van der Waals surface area contributed by atoms with Crippen molar-refractivity contribution in [1.29, 1.82) is 0 Å². The van der Waals surface area contributed by atoms with E-state index in [2.05, 4.69) is 51.7 Å². The van der Waals surface area contributed by atoms with Crippen LogP contribution in [0.3, 0.4) is 0 Å². The Labute approximate surface area is 257 Å². The van der Waals surface area contributed by atoms with E-state index < -0.39 is 0 Å². The number of rotatable bonds is 6. The number of aromatic nitrogens is 2. The van der Waals surface area contributed by atoms with Crippen LogP contribution in [0.15, 0.2) is 36.4 Å². The molecule has 2 fully saturated rings. The third-order valence-electron chi connectivity index (χ3n) is 8.74. The summed E-state index contributed by atoms with van der Waals surface area (Å²) >= 11 is 6.67. The van der Waals surface area contributed by atoms with Crippen molar-refractivity contribution in [2.45, 2.75) is 51.0 Å². The molecule has 1 aromatic heterocycles. The molecule has 3 aliphatic rings. The van der Waals surface area contributed by atoms with E-state index in [4.69, 9.17) is 37.6 Å². The lowest BCUT2D eigenvalue weighted by Gasteiger charge is -2.40. The normalized spacial score (nSPS) is 22.0. The Morgan fingerprint density at radius 2 is 2.02 bits per heavy atom. The van der Waals surface area contributed by atoms with Crippen LogP contribution in [0.5, 0.6) is 6.01 Å². The van der Waals surface area contributed by atoms with E-state index in [0.29, 0.717) is 56.3 Å².